The van der Waals surface area contributed by atoms with Crippen LogP contribution < -0.4 is 0 Å². The van der Waals surface area contributed by atoms with Crippen LogP contribution in [0.1, 0.15) is 17.1 Å². The van der Waals surface area contributed by atoms with Gasteiger partial charge in [-0.2, -0.15) is 0 Å². The zero-order valence-corrected chi connectivity index (χ0v) is 14.0. The number of nitro groups is 1. The Morgan fingerprint density at radius 1 is 1.08 bits per heavy atom. The number of nitrogens with one attached hydrogen (secondary N) is 1. The number of aromatic amines is 1. The van der Waals surface area contributed by atoms with Gasteiger partial charge in [-0.15, -0.1) is 0 Å². The topological polar surface area (TPSA) is 85.0 Å². The van der Waals surface area contributed by atoms with Crippen molar-refractivity contribution >= 4 is 28.9 Å². The Labute approximate surface area is 149 Å². The number of para-hydroxylation sites is 2. The van der Waals surface area contributed by atoms with E-state index in [0.29, 0.717) is 22.6 Å². The lowest BCUT2D eigenvalue weighted by molar-refractivity contribution is -0.385. The molecule has 2 heterocycles. The number of fused-ring (bicyclic) bond motifs is 1. The molecule has 0 bridgehead atoms. The van der Waals surface area contributed by atoms with E-state index in [1.807, 2.05) is 54.6 Å². The van der Waals surface area contributed by atoms with Crippen LogP contribution in [0.25, 0.3) is 34.5 Å². The highest BCUT2D eigenvalue weighted by Crippen LogP contribution is 2.31. The lowest BCUT2D eigenvalue weighted by atomic mass is 10.1. The largest absolute Gasteiger partial charge is 0.457 e. The van der Waals surface area contributed by atoms with Crippen LogP contribution in [0.2, 0.25) is 0 Å². The summed E-state index contributed by atoms with van der Waals surface area (Å²) in [7, 11) is 0. The Morgan fingerprint density at radius 2 is 1.92 bits per heavy atom. The molecule has 6 heteroatoms. The summed E-state index contributed by atoms with van der Waals surface area (Å²) in [6.45, 7) is 1.72. The van der Waals surface area contributed by atoms with Crippen LogP contribution in [-0.2, 0) is 0 Å². The van der Waals surface area contributed by atoms with Crippen molar-refractivity contribution in [3.63, 3.8) is 0 Å². The number of nitrogens with zero attached hydrogens (tertiary/aromatic N) is 2. The van der Waals surface area contributed by atoms with E-state index < -0.39 is 0 Å². The molecule has 0 fully saturated rings. The Bertz CT molecular complexity index is 1110. The first-order valence-corrected chi connectivity index (χ1v) is 8.09. The first kappa shape index (κ1) is 15.8. The molecular weight excluding hydrogens is 330 g/mol. The number of hydrogen-bond acceptors (Lipinski definition) is 4. The van der Waals surface area contributed by atoms with Crippen molar-refractivity contribution in [1.29, 1.82) is 0 Å². The Morgan fingerprint density at radius 3 is 2.73 bits per heavy atom. The van der Waals surface area contributed by atoms with Gasteiger partial charge in [-0.3, -0.25) is 10.1 Å². The molecule has 0 amide bonds. The number of H-pyrrole nitrogens is 1. The molecule has 128 valence electrons. The summed E-state index contributed by atoms with van der Waals surface area (Å²) < 4.78 is 5.83. The lowest BCUT2D eigenvalue weighted by Gasteiger charge is -2.02. The second kappa shape index (κ2) is 6.33. The molecule has 6 nitrogen and oxygen atoms in total. The van der Waals surface area contributed by atoms with E-state index >= 15 is 0 Å². The van der Waals surface area contributed by atoms with Crippen molar-refractivity contribution < 1.29 is 9.34 Å². The molecule has 0 radical (unpaired) electrons. The van der Waals surface area contributed by atoms with Gasteiger partial charge in [0.1, 0.15) is 17.3 Å². The molecule has 0 spiro atoms. The number of nitro benzene ring substituents is 1. The lowest BCUT2D eigenvalue weighted by Crippen LogP contribution is -1.93. The second-order valence-corrected chi connectivity index (χ2v) is 5.88. The van der Waals surface area contributed by atoms with Crippen molar-refractivity contribution in [2.24, 2.45) is 0 Å². The highest BCUT2D eigenvalue weighted by Gasteiger charge is 2.16. The second-order valence-electron chi connectivity index (χ2n) is 5.88. The Kier molecular flexibility index (Phi) is 3.85. The maximum Gasteiger partial charge on any atom is 0.273 e. The van der Waals surface area contributed by atoms with Crippen molar-refractivity contribution in [2.75, 3.05) is 0 Å². The predicted octanol–water partition coefficient (Wildman–Crippen LogP) is 5.21. The molecule has 0 aliphatic rings. The molecule has 0 unspecified atom stereocenters. The molecule has 0 saturated carbocycles. The van der Waals surface area contributed by atoms with Gasteiger partial charge in [0.25, 0.3) is 5.69 Å². The molecule has 26 heavy (non-hydrogen) atoms. The maximum atomic E-state index is 11.1. The SMILES string of the molecule is Cc1c(-c2ccc(/C=C/c3nc4ccccc4[nH]3)o2)cccc1[N+](=O)[O-]. The van der Waals surface area contributed by atoms with E-state index in [-0.39, 0.29) is 10.6 Å². The van der Waals surface area contributed by atoms with Crippen LogP contribution in [0.3, 0.4) is 0 Å². The highest BCUT2D eigenvalue weighted by atomic mass is 16.6. The number of furan rings is 1. The average Bonchev–Trinajstić information content (AvgIpc) is 3.26. The zero-order chi connectivity index (χ0) is 18.1. The van der Waals surface area contributed by atoms with Crippen molar-refractivity contribution in [3.05, 3.63) is 81.9 Å². The number of imidazole rings is 1. The predicted molar refractivity (Wildman–Crippen MR) is 101 cm³/mol. The van der Waals surface area contributed by atoms with Gasteiger partial charge >= 0.3 is 0 Å². The Hall–Kier alpha value is -3.67. The fourth-order valence-electron chi connectivity index (χ4n) is 2.89. The van der Waals surface area contributed by atoms with Gasteiger partial charge in [-0.1, -0.05) is 24.3 Å². The molecule has 4 aromatic rings. The van der Waals surface area contributed by atoms with E-state index in [1.54, 1.807) is 13.0 Å². The number of rotatable bonds is 4. The Balaban J connectivity index is 1.62. The van der Waals surface area contributed by atoms with Crippen LogP contribution in [0.15, 0.2) is 59.0 Å². The minimum Gasteiger partial charge on any atom is -0.457 e. The van der Waals surface area contributed by atoms with E-state index in [4.69, 9.17) is 4.42 Å². The van der Waals surface area contributed by atoms with Crippen LogP contribution >= 0.6 is 0 Å². The molecule has 2 aromatic carbocycles. The summed E-state index contributed by atoms with van der Waals surface area (Å²) in [6.07, 6.45) is 3.65. The third-order valence-corrected chi connectivity index (χ3v) is 4.21. The first-order chi connectivity index (χ1) is 12.6. The molecule has 0 atom stereocenters. The van der Waals surface area contributed by atoms with Gasteiger partial charge in [0.05, 0.1) is 16.0 Å². The first-order valence-electron chi connectivity index (χ1n) is 8.09. The molecule has 0 saturated heterocycles. The number of aromatic nitrogens is 2. The normalized spacial score (nSPS) is 11.4. The molecule has 0 aliphatic carbocycles. The smallest absolute Gasteiger partial charge is 0.273 e. The van der Waals surface area contributed by atoms with Crippen LogP contribution in [0, 0.1) is 17.0 Å². The van der Waals surface area contributed by atoms with Gasteiger partial charge in [0.15, 0.2) is 0 Å². The number of hydrogen-bond donors (Lipinski definition) is 1. The summed E-state index contributed by atoms with van der Waals surface area (Å²) in [6, 6.07) is 16.4. The molecular formula is C20H15N3O3. The maximum absolute atomic E-state index is 11.1. The fourth-order valence-corrected chi connectivity index (χ4v) is 2.89. The van der Waals surface area contributed by atoms with Gasteiger partial charge in [-0.25, -0.2) is 4.98 Å². The van der Waals surface area contributed by atoms with Crippen LogP contribution in [0.5, 0.6) is 0 Å². The van der Waals surface area contributed by atoms with Crippen molar-refractivity contribution in [3.8, 4) is 11.3 Å². The van der Waals surface area contributed by atoms with Crippen LogP contribution in [-0.4, -0.2) is 14.9 Å². The van der Waals surface area contributed by atoms with Gasteiger partial charge in [0.2, 0.25) is 0 Å². The monoisotopic (exact) mass is 345 g/mol. The molecule has 2 aromatic heterocycles. The fraction of sp³-hybridized carbons (Fsp3) is 0.0500. The summed E-state index contributed by atoms with van der Waals surface area (Å²) in [5, 5.41) is 11.1. The summed E-state index contributed by atoms with van der Waals surface area (Å²) >= 11 is 0. The summed E-state index contributed by atoms with van der Waals surface area (Å²) in [4.78, 5) is 18.4. The molecule has 0 aliphatic heterocycles. The summed E-state index contributed by atoms with van der Waals surface area (Å²) in [5.41, 5.74) is 3.25. The van der Waals surface area contributed by atoms with Gasteiger partial charge < -0.3 is 9.40 Å². The minimum atomic E-state index is -0.385. The minimum absolute atomic E-state index is 0.0817. The third kappa shape index (κ3) is 2.88. The summed E-state index contributed by atoms with van der Waals surface area (Å²) in [5.74, 6) is 1.97. The standard InChI is InChI=1S/C20H15N3O3/c1-13-15(5-4-8-18(13)23(24)25)19-11-9-14(26-19)10-12-20-21-16-6-2-3-7-17(16)22-20/h2-12H,1H3,(H,21,22)/b12-10+. The van der Waals surface area contributed by atoms with E-state index in [0.717, 1.165) is 16.9 Å². The quantitative estimate of drug-likeness (QED) is 0.406. The third-order valence-electron chi connectivity index (χ3n) is 4.21. The van der Waals surface area contributed by atoms with E-state index in [2.05, 4.69) is 9.97 Å². The molecule has 4 rings (SSSR count). The van der Waals surface area contributed by atoms with E-state index in [1.165, 1.54) is 6.07 Å². The van der Waals surface area contributed by atoms with Gasteiger partial charge in [0, 0.05) is 17.2 Å². The molecule has 1 N–H and O–H groups in total. The van der Waals surface area contributed by atoms with E-state index in [9.17, 15) is 10.1 Å². The highest BCUT2D eigenvalue weighted by molar-refractivity contribution is 5.78. The zero-order valence-electron chi connectivity index (χ0n) is 14.0. The van der Waals surface area contributed by atoms with Crippen molar-refractivity contribution in [1.82, 2.24) is 9.97 Å². The number of benzene rings is 2. The van der Waals surface area contributed by atoms with Gasteiger partial charge in [-0.05, 0) is 43.3 Å². The van der Waals surface area contributed by atoms with Crippen LogP contribution in [0.4, 0.5) is 5.69 Å². The average molecular weight is 345 g/mol. The van der Waals surface area contributed by atoms with Crippen molar-refractivity contribution in [2.45, 2.75) is 6.92 Å².